The molecule has 1 saturated heterocycles. The third kappa shape index (κ3) is 4.80. The van der Waals surface area contributed by atoms with E-state index >= 15 is 0 Å². The number of hydrogen-bond donors (Lipinski definition) is 0. The number of morpholine rings is 1. The minimum atomic E-state index is -0.699. The predicted octanol–water partition coefficient (Wildman–Crippen LogP) is 2.93. The van der Waals surface area contributed by atoms with Gasteiger partial charge in [0.2, 0.25) is 5.95 Å². The SMILES string of the molecule is Cc1cnc2c(-c3ccc(F)cc3F)nc(N3CCOCC3)nc2n1.Cn1cccn1. The molecule has 0 atom stereocenters. The molecule has 10 heteroatoms. The van der Waals surface area contributed by atoms with Crippen LogP contribution in [0.25, 0.3) is 22.4 Å². The molecule has 0 aliphatic carbocycles. The number of hydrogen-bond acceptors (Lipinski definition) is 7. The van der Waals surface area contributed by atoms with Crippen LogP contribution in [0, 0.1) is 18.6 Å². The number of anilines is 1. The second-order valence-corrected chi connectivity index (χ2v) is 6.96. The van der Waals surface area contributed by atoms with E-state index in [-0.39, 0.29) is 5.56 Å². The lowest BCUT2D eigenvalue weighted by molar-refractivity contribution is 0.122. The van der Waals surface area contributed by atoms with Crippen molar-refractivity contribution in [2.75, 3.05) is 31.2 Å². The highest BCUT2D eigenvalue weighted by molar-refractivity contribution is 5.88. The van der Waals surface area contributed by atoms with Crippen LogP contribution in [0.2, 0.25) is 0 Å². The molecule has 0 bridgehead atoms. The fourth-order valence-electron chi connectivity index (χ4n) is 3.10. The van der Waals surface area contributed by atoms with E-state index < -0.39 is 11.6 Å². The Balaban J connectivity index is 0.000000334. The molecule has 0 N–H and O–H groups in total. The first-order chi connectivity index (χ1) is 15.0. The molecule has 0 amide bonds. The number of fused-ring (bicyclic) bond motifs is 1. The summed E-state index contributed by atoms with van der Waals surface area (Å²) in [4.78, 5) is 19.7. The maximum absolute atomic E-state index is 14.3. The monoisotopic (exact) mass is 425 g/mol. The van der Waals surface area contributed by atoms with E-state index in [1.165, 1.54) is 12.1 Å². The molecular formula is C21H21F2N7O. The zero-order valence-corrected chi connectivity index (χ0v) is 17.2. The van der Waals surface area contributed by atoms with Crippen molar-refractivity contribution in [2.45, 2.75) is 6.92 Å². The Morgan fingerprint density at radius 3 is 2.52 bits per heavy atom. The second kappa shape index (κ2) is 9.09. The minimum Gasteiger partial charge on any atom is -0.378 e. The van der Waals surface area contributed by atoms with E-state index in [9.17, 15) is 8.78 Å². The van der Waals surface area contributed by atoms with E-state index in [0.29, 0.717) is 54.8 Å². The van der Waals surface area contributed by atoms with Gasteiger partial charge >= 0.3 is 0 Å². The van der Waals surface area contributed by atoms with Crippen LogP contribution in [0.5, 0.6) is 0 Å². The Hall–Kier alpha value is -3.53. The maximum Gasteiger partial charge on any atom is 0.228 e. The Labute approximate surface area is 177 Å². The predicted molar refractivity (Wildman–Crippen MR) is 111 cm³/mol. The average molecular weight is 425 g/mol. The van der Waals surface area contributed by atoms with Crippen molar-refractivity contribution < 1.29 is 13.5 Å². The molecule has 1 aliphatic heterocycles. The van der Waals surface area contributed by atoms with Crippen LogP contribution in [-0.2, 0) is 11.8 Å². The zero-order valence-electron chi connectivity index (χ0n) is 17.2. The van der Waals surface area contributed by atoms with E-state index in [0.717, 1.165) is 6.07 Å². The zero-order chi connectivity index (χ0) is 21.8. The first-order valence-electron chi connectivity index (χ1n) is 9.74. The molecule has 0 saturated carbocycles. The molecule has 0 radical (unpaired) electrons. The summed E-state index contributed by atoms with van der Waals surface area (Å²) < 4.78 is 34.7. The summed E-state index contributed by atoms with van der Waals surface area (Å²) in [5, 5.41) is 3.83. The van der Waals surface area contributed by atoms with Gasteiger partial charge in [0.1, 0.15) is 22.8 Å². The number of aromatic nitrogens is 6. The van der Waals surface area contributed by atoms with Gasteiger partial charge in [0.15, 0.2) is 5.65 Å². The van der Waals surface area contributed by atoms with Crippen LogP contribution < -0.4 is 4.90 Å². The fraction of sp³-hybridized carbons (Fsp3) is 0.286. The molecule has 0 unspecified atom stereocenters. The first-order valence-corrected chi connectivity index (χ1v) is 9.74. The first kappa shape index (κ1) is 20.7. The van der Waals surface area contributed by atoms with Gasteiger partial charge < -0.3 is 9.64 Å². The van der Waals surface area contributed by atoms with Crippen molar-refractivity contribution in [1.29, 1.82) is 0 Å². The number of rotatable bonds is 2. The lowest BCUT2D eigenvalue weighted by atomic mass is 10.1. The van der Waals surface area contributed by atoms with Gasteiger partial charge in [-0.3, -0.25) is 4.68 Å². The quantitative estimate of drug-likeness (QED) is 0.488. The Morgan fingerprint density at radius 2 is 1.87 bits per heavy atom. The lowest BCUT2D eigenvalue weighted by Gasteiger charge is -2.27. The van der Waals surface area contributed by atoms with Gasteiger partial charge in [-0.25, -0.2) is 23.7 Å². The van der Waals surface area contributed by atoms with E-state index in [1.807, 2.05) is 24.2 Å². The van der Waals surface area contributed by atoms with E-state index in [2.05, 4.69) is 25.0 Å². The maximum atomic E-state index is 14.3. The number of halogens is 2. The van der Waals surface area contributed by atoms with Gasteiger partial charge in [0.25, 0.3) is 0 Å². The van der Waals surface area contributed by atoms with Crippen LogP contribution in [-0.4, -0.2) is 56.0 Å². The molecule has 160 valence electrons. The van der Waals surface area contributed by atoms with Crippen molar-refractivity contribution in [3.8, 4) is 11.3 Å². The van der Waals surface area contributed by atoms with Gasteiger partial charge in [-0.15, -0.1) is 0 Å². The topological polar surface area (TPSA) is 81.9 Å². The van der Waals surface area contributed by atoms with Gasteiger partial charge in [0.05, 0.1) is 18.9 Å². The summed E-state index contributed by atoms with van der Waals surface area (Å²) in [5.74, 6) is -0.903. The molecule has 3 aromatic heterocycles. The third-order valence-corrected chi connectivity index (χ3v) is 4.63. The standard InChI is InChI=1S/C17H15F2N5O.C4H6N2/c1-10-9-20-15-14(12-3-2-11(18)8-13(12)19)22-17(23-16(15)21-10)24-4-6-25-7-5-24;1-6-4-2-3-5-6/h2-3,8-9H,4-7H2,1H3;2-4H,1H3. The molecule has 4 aromatic rings. The van der Waals surface area contributed by atoms with Crippen molar-refractivity contribution in [2.24, 2.45) is 7.05 Å². The number of aryl methyl sites for hydroxylation is 2. The third-order valence-electron chi connectivity index (χ3n) is 4.63. The second-order valence-electron chi connectivity index (χ2n) is 6.96. The fourth-order valence-corrected chi connectivity index (χ4v) is 3.10. The summed E-state index contributed by atoms with van der Waals surface area (Å²) >= 11 is 0. The minimum absolute atomic E-state index is 0.168. The van der Waals surface area contributed by atoms with Crippen LogP contribution in [0.3, 0.4) is 0 Å². The molecule has 31 heavy (non-hydrogen) atoms. The highest BCUT2D eigenvalue weighted by Crippen LogP contribution is 2.29. The van der Waals surface area contributed by atoms with Gasteiger partial charge in [-0.1, -0.05) is 0 Å². The van der Waals surface area contributed by atoms with Gasteiger partial charge in [0, 0.05) is 50.4 Å². The Kier molecular flexibility index (Phi) is 6.08. The van der Waals surface area contributed by atoms with E-state index in [1.54, 1.807) is 24.0 Å². The number of ether oxygens (including phenoxy) is 1. The van der Waals surface area contributed by atoms with Gasteiger partial charge in [-0.2, -0.15) is 10.1 Å². The highest BCUT2D eigenvalue weighted by Gasteiger charge is 2.20. The van der Waals surface area contributed by atoms with Crippen LogP contribution >= 0.6 is 0 Å². The number of nitrogens with zero attached hydrogens (tertiary/aromatic N) is 7. The molecule has 8 nitrogen and oxygen atoms in total. The van der Waals surface area contributed by atoms with Crippen molar-refractivity contribution in [3.05, 3.63) is 60.2 Å². The largest absolute Gasteiger partial charge is 0.378 e. The molecule has 1 aromatic carbocycles. The van der Waals surface area contributed by atoms with E-state index in [4.69, 9.17) is 4.74 Å². The summed E-state index contributed by atoms with van der Waals surface area (Å²) in [7, 11) is 1.89. The van der Waals surface area contributed by atoms with Crippen LogP contribution in [0.15, 0.2) is 42.9 Å². The summed E-state index contributed by atoms with van der Waals surface area (Å²) in [5.41, 5.74) is 1.94. The molecule has 4 heterocycles. The van der Waals surface area contributed by atoms with Gasteiger partial charge in [-0.05, 0) is 25.1 Å². The highest BCUT2D eigenvalue weighted by atomic mass is 19.1. The molecule has 5 rings (SSSR count). The summed E-state index contributed by atoms with van der Waals surface area (Å²) in [6, 6.07) is 5.28. The summed E-state index contributed by atoms with van der Waals surface area (Å²) in [6.07, 6.45) is 5.21. The Morgan fingerprint density at radius 1 is 1.06 bits per heavy atom. The smallest absolute Gasteiger partial charge is 0.228 e. The van der Waals surface area contributed by atoms with Crippen molar-refractivity contribution in [1.82, 2.24) is 29.7 Å². The van der Waals surface area contributed by atoms with Crippen LogP contribution in [0.1, 0.15) is 5.69 Å². The number of benzene rings is 1. The lowest BCUT2D eigenvalue weighted by Crippen LogP contribution is -2.37. The normalized spacial score (nSPS) is 13.7. The molecular weight excluding hydrogens is 404 g/mol. The molecule has 1 aliphatic rings. The summed E-state index contributed by atoms with van der Waals surface area (Å²) in [6.45, 7) is 4.22. The molecule has 1 fully saturated rings. The average Bonchev–Trinajstić information content (AvgIpc) is 3.25. The van der Waals surface area contributed by atoms with Crippen molar-refractivity contribution in [3.63, 3.8) is 0 Å². The Bertz CT molecular complexity index is 1180. The van der Waals surface area contributed by atoms with Crippen LogP contribution in [0.4, 0.5) is 14.7 Å². The molecule has 0 spiro atoms. The van der Waals surface area contributed by atoms with Crippen molar-refractivity contribution >= 4 is 17.1 Å².